The lowest BCUT2D eigenvalue weighted by Gasteiger charge is -2.18. The number of rotatable bonds is 4. The van der Waals surface area contributed by atoms with Crippen molar-refractivity contribution in [2.45, 2.75) is 45.2 Å². The Bertz CT molecular complexity index is 1030. The molecule has 1 saturated heterocycles. The Labute approximate surface area is 153 Å². The number of aryl methyl sites for hydroxylation is 1. The molecule has 0 unspecified atom stereocenters. The van der Waals surface area contributed by atoms with Crippen LogP contribution in [0, 0.1) is 0 Å². The van der Waals surface area contributed by atoms with Crippen LogP contribution in [0.25, 0.3) is 27.6 Å². The molecule has 3 heteroatoms. The zero-order valence-corrected chi connectivity index (χ0v) is 15.4. The second-order valence-corrected chi connectivity index (χ2v) is 7.83. The zero-order chi connectivity index (χ0) is 17.7. The van der Waals surface area contributed by atoms with Crippen molar-refractivity contribution in [2.75, 3.05) is 13.2 Å². The van der Waals surface area contributed by atoms with Gasteiger partial charge in [0.15, 0.2) is 5.79 Å². The Morgan fingerprint density at radius 2 is 1.96 bits per heavy atom. The molecule has 0 bridgehead atoms. The lowest BCUT2D eigenvalue weighted by Crippen LogP contribution is -2.24. The molecule has 134 valence electrons. The maximum Gasteiger partial charge on any atom is 0.163 e. The first-order chi connectivity index (χ1) is 12.6. The average Bonchev–Trinajstić information content (AvgIpc) is 2.99. The van der Waals surface area contributed by atoms with Crippen LogP contribution in [0.1, 0.15) is 31.4 Å². The molecule has 1 heterocycles. The van der Waals surface area contributed by atoms with Crippen molar-refractivity contribution in [3.8, 4) is 0 Å². The van der Waals surface area contributed by atoms with E-state index in [1.54, 1.807) is 0 Å². The quantitative estimate of drug-likeness (QED) is 0.710. The second-order valence-electron chi connectivity index (χ2n) is 7.83. The standard InChI is InChI=1S/C23H24O3/c1-23(2)25-14-19(26-23)13-24-12-18-9-8-17-7-6-15-4-3-5-16-10-11-20(18)22(17)21(15)16/h4,6-11,19H,3,5,12-14H2,1-2H3/t19-/m0/s1. The van der Waals surface area contributed by atoms with E-state index in [0.717, 1.165) is 12.8 Å². The fourth-order valence-electron chi connectivity index (χ4n) is 4.34. The van der Waals surface area contributed by atoms with Crippen LogP contribution in [-0.2, 0) is 27.2 Å². The molecule has 0 spiro atoms. The summed E-state index contributed by atoms with van der Waals surface area (Å²) in [6.07, 6.45) is 4.65. The van der Waals surface area contributed by atoms with Crippen LogP contribution in [0.4, 0.5) is 0 Å². The lowest BCUT2D eigenvalue weighted by molar-refractivity contribution is -0.145. The van der Waals surface area contributed by atoms with Crippen LogP contribution < -0.4 is 5.22 Å². The van der Waals surface area contributed by atoms with Crippen LogP contribution in [0.5, 0.6) is 0 Å². The van der Waals surface area contributed by atoms with Gasteiger partial charge in [-0.1, -0.05) is 42.5 Å². The van der Waals surface area contributed by atoms with E-state index in [2.05, 4.69) is 42.5 Å². The summed E-state index contributed by atoms with van der Waals surface area (Å²) in [7, 11) is 0. The molecule has 3 nitrogen and oxygen atoms in total. The predicted molar refractivity (Wildman–Crippen MR) is 104 cm³/mol. The normalized spacial score (nSPS) is 21.4. The summed E-state index contributed by atoms with van der Waals surface area (Å²) in [6, 6.07) is 13.5. The molecule has 3 aromatic rings. The third-order valence-electron chi connectivity index (χ3n) is 5.53. The molecule has 1 fully saturated rings. The van der Waals surface area contributed by atoms with Gasteiger partial charge < -0.3 is 14.2 Å². The summed E-state index contributed by atoms with van der Waals surface area (Å²) < 4.78 is 17.4. The lowest BCUT2D eigenvalue weighted by atomic mass is 9.88. The maximum absolute atomic E-state index is 6.00. The number of hydrogen-bond donors (Lipinski definition) is 0. The van der Waals surface area contributed by atoms with E-state index >= 15 is 0 Å². The molecule has 0 amide bonds. The molecule has 2 aliphatic rings. The van der Waals surface area contributed by atoms with Crippen LogP contribution in [0.3, 0.4) is 0 Å². The monoisotopic (exact) mass is 348 g/mol. The molecule has 0 saturated carbocycles. The molecule has 0 N–H and O–H groups in total. The summed E-state index contributed by atoms with van der Waals surface area (Å²) >= 11 is 0. The Kier molecular flexibility index (Phi) is 3.78. The first-order valence-electron chi connectivity index (χ1n) is 9.46. The van der Waals surface area contributed by atoms with Crippen LogP contribution >= 0.6 is 0 Å². The van der Waals surface area contributed by atoms with E-state index in [9.17, 15) is 0 Å². The first kappa shape index (κ1) is 16.2. The van der Waals surface area contributed by atoms with E-state index in [1.165, 1.54) is 37.9 Å². The summed E-state index contributed by atoms with van der Waals surface area (Å²) in [4.78, 5) is 0. The van der Waals surface area contributed by atoms with Crippen molar-refractivity contribution in [3.63, 3.8) is 0 Å². The fraction of sp³-hybridized carbons (Fsp3) is 0.391. The van der Waals surface area contributed by atoms with E-state index in [-0.39, 0.29) is 6.10 Å². The fourth-order valence-corrected chi connectivity index (χ4v) is 4.34. The summed E-state index contributed by atoms with van der Waals surface area (Å²) in [6.45, 7) is 5.64. The third kappa shape index (κ3) is 2.71. The highest BCUT2D eigenvalue weighted by Crippen LogP contribution is 2.32. The molecule has 5 rings (SSSR count). The maximum atomic E-state index is 6.00. The SMILES string of the molecule is CC1(C)OC[C@H](COCc2ccc3ccc4c5c(ccc2c35)CCC=4)O1. The van der Waals surface area contributed by atoms with E-state index < -0.39 is 5.79 Å². The van der Waals surface area contributed by atoms with Gasteiger partial charge in [0.25, 0.3) is 0 Å². The van der Waals surface area contributed by atoms with Gasteiger partial charge in [-0.25, -0.2) is 0 Å². The number of ether oxygens (including phenoxy) is 3. The average molecular weight is 348 g/mol. The molecule has 0 aromatic heterocycles. The summed E-state index contributed by atoms with van der Waals surface area (Å²) in [5.74, 6) is -0.493. The van der Waals surface area contributed by atoms with Crippen molar-refractivity contribution >= 4 is 27.6 Å². The van der Waals surface area contributed by atoms with E-state index in [4.69, 9.17) is 14.2 Å². The van der Waals surface area contributed by atoms with Crippen molar-refractivity contribution in [1.82, 2.24) is 0 Å². The topological polar surface area (TPSA) is 27.7 Å². The highest BCUT2D eigenvalue weighted by Gasteiger charge is 2.32. The molecule has 1 aliphatic heterocycles. The smallest absolute Gasteiger partial charge is 0.163 e. The summed E-state index contributed by atoms with van der Waals surface area (Å²) in [5, 5.41) is 6.82. The Morgan fingerprint density at radius 1 is 1.08 bits per heavy atom. The second kappa shape index (κ2) is 6.05. The molecule has 26 heavy (non-hydrogen) atoms. The minimum Gasteiger partial charge on any atom is -0.374 e. The predicted octanol–water partition coefficient (Wildman–Crippen LogP) is 4.11. The van der Waals surface area contributed by atoms with Crippen LogP contribution in [-0.4, -0.2) is 25.1 Å². The van der Waals surface area contributed by atoms with Crippen molar-refractivity contribution in [3.05, 3.63) is 52.7 Å². The van der Waals surface area contributed by atoms with E-state index in [0.29, 0.717) is 19.8 Å². The van der Waals surface area contributed by atoms with Gasteiger partial charge in [0, 0.05) is 0 Å². The van der Waals surface area contributed by atoms with Gasteiger partial charge in [-0.15, -0.1) is 0 Å². The van der Waals surface area contributed by atoms with Gasteiger partial charge >= 0.3 is 0 Å². The molecule has 3 aromatic carbocycles. The minimum absolute atomic E-state index is 0.0136. The molecule has 1 atom stereocenters. The van der Waals surface area contributed by atoms with Crippen LogP contribution in [0.15, 0.2) is 36.4 Å². The van der Waals surface area contributed by atoms with E-state index in [1.807, 2.05) is 13.8 Å². The van der Waals surface area contributed by atoms with Gasteiger partial charge in [0.05, 0.1) is 19.8 Å². The largest absolute Gasteiger partial charge is 0.374 e. The zero-order valence-electron chi connectivity index (χ0n) is 15.4. The van der Waals surface area contributed by atoms with Gasteiger partial charge in [-0.05, 0) is 64.6 Å². The van der Waals surface area contributed by atoms with Gasteiger partial charge in [0.1, 0.15) is 6.10 Å². The highest BCUT2D eigenvalue weighted by atomic mass is 16.7. The van der Waals surface area contributed by atoms with Crippen LogP contribution in [0.2, 0.25) is 0 Å². The molecule has 1 aliphatic carbocycles. The Hall–Kier alpha value is -1.94. The number of hydrogen-bond acceptors (Lipinski definition) is 3. The molecule has 0 radical (unpaired) electrons. The minimum atomic E-state index is -0.493. The molecular formula is C23H24O3. The number of benzene rings is 3. The van der Waals surface area contributed by atoms with Gasteiger partial charge in [0.2, 0.25) is 0 Å². The van der Waals surface area contributed by atoms with Gasteiger partial charge in [-0.3, -0.25) is 0 Å². The Morgan fingerprint density at radius 3 is 2.81 bits per heavy atom. The Balaban J connectivity index is 1.46. The van der Waals surface area contributed by atoms with Crippen molar-refractivity contribution < 1.29 is 14.2 Å². The highest BCUT2D eigenvalue weighted by molar-refractivity contribution is 6.12. The van der Waals surface area contributed by atoms with Crippen molar-refractivity contribution in [1.29, 1.82) is 0 Å². The molecular weight excluding hydrogens is 324 g/mol. The van der Waals surface area contributed by atoms with Crippen molar-refractivity contribution in [2.24, 2.45) is 0 Å². The third-order valence-corrected chi connectivity index (χ3v) is 5.53. The van der Waals surface area contributed by atoms with Gasteiger partial charge in [-0.2, -0.15) is 0 Å². The summed E-state index contributed by atoms with van der Waals surface area (Å²) in [5.41, 5.74) is 2.71. The first-order valence-corrected chi connectivity index (χ1v) is 9.46.